The molecule has 0 aliphatic heterocycles. The summed E-state index contributed by atoms with van der Waals surface area (Å²) in [5, 5.41) is 9.73. The highest BCUT2D eigenvalue weighted by atomic mass is 32.2. The minimum absolute atomic E-state index is 0.578. The number of benzene rings is 1. The van der Waals surface area contributed by atoms with E-state index in [4.69, 9.17) is 5.26 Å². The maximum Gasteiger partial charge on any atom is 0.150 e. The van der Waals surface area contributed by atoms with Crippen LogP contribution in [-0.2, 0) is 0 Å². The van der Waals surface area contributed by atoms with Gasteiger partial charge in [-0.3, -0.25) is 4.79 Å². The fraction of sp³-hybridized carbons (Fsp3) is 0.429. The van der Waals surface area contributed by atoms with Crippen molar-refractivity contribution in [2.24, 2.45) is 0 Å². The summed E-state index contributed by atoms with van der Waals surface area (Å²) in [4.78, 5) is 11.7. The van der Waals surface area contributed by atoms with Crippen LogP contribution in [0.25, 0.3) is 0 Å². The minimum atomic E-state index is 0.578. The molecule has 0 N–H and O–H groups in total. The fourth-order valence-electron chi connectivity index (χ4n) is 2.17. The Morgan fingerprint density at radius 2 is 2.06 bits per heavy atom. The Labute approximate surface area is 106 Å². The molecule has 0 bridgehead atoms. The van der Waals surface area contributed by atoms with Crippen LogP contribution in [0.2, 0.25) is 0 Å². The number of carbonyl (C=O) groups is 1. The second-order valence-corrected chi connectivity index (χ2v) is 5.71. The predicted molar refractivity (Wildman–Crippen MR) is 69.3 cm³/mol. The number of aldehydes is 1. The number of nitrogens with zero attached hydrogens (tertiary/aromatic N) is 1. The standard InChI is InChI=1S/C14H15NOS/c15-9-12-8-11(10-16)6-7-14(12)17-13-4-2-1-3-5-13/h6-8,10,13H,1-5H2. The van der Waals surface area contributed by atoms with Gasteiger partial charge >= 0.3 is 0 Å². The van der Waals surface area contributed by atoms with E-state index < -0.39 is 0 Å². The van der Waals surface area contributed by atoms with Crippen molar-refractivity contribution in [1.29, 1.82) is 5.26 Å². The number of nitriles is 1. The van der Waals surface area contributed by atoms with E-state index in [1.807, 2.05) is 6.07 Å². The maximum absolute atomic E-state index is 10.7. The van der Waals surface area contributed by atoms with Crippen LogP contribution in [-0.4, -0.2) is 11.5 Å². The van der Waals surface area contributed by atoms with Gasteiger partial charge in [-0.15, -0.1) is 11.8 Å². The molecule has 0 amide bonds. The fourth-order valence-corrected chi connectivity index (χ4v) is 3.48. The third kappa shape index (κ3) is 3.10. The number of hydrogen-bond acceptors (Lipinski definition) is 3. The minimum Gasteiger partial charge on any atom is -0.298 e. The van der Waals surface area contributed by atoms with Crippen molar-refractivity contribution in [2.45, 2.75) is 42.2 Å². The molecule has 1 saturated carbocycles. The Morgan fingerprint density at radius 3 is 2.71 bits per heavy atom. The smallest absolute Gasteiger partial charge is 0.150 e. The lowest BCUT2D eigenvalue weighted by Crippen LogP contribution is -2.08. The molecule has 2 nitrogen and oxygen atoms in total. The monoisotopic (exact) mass is 245 g/mol. The molecule has 88 valence electrons. The molecule has 0 spiro atoms. The van der Waals surface area contributed by atoms with Crippen molar-refractivity contribution in [2.75, 3.05) is 0 Å². The van der Waals surface area contributed by atoms with E-state index in [1.165, 1.54) is 32.1 Å². The molecule has 17 heavy (non-hydrogen) atoms. The van der Waals surface area contributed by atoms with E-state index >= 15 is 0 Å². The lowest BCUT2D eigenvalue weighted by Gasteiger charge is -2.21. The first-order chi connectivity index (χ1) is 8.33. The van der Waals surface area contributed by atoms with E-state index in [9.17, 15) is 4.79 Å². The van der Waals surface area contributed by atoms with E-state index in [0.717, 1.165) is 11.2 Å². The van der Waals surface area contributed by atoms with E-state index in [2.05, 4.69) is 6.07 Å². The predicted octanol–water partition coefficient (Wildman–Crippen LogP) is 3.80. The van der Waals surface area contributed by atoms with Crippen LogP contribution in [0.5, 0.6) is 0 Å². The van der Waals surface area contributed by atoms with Crippen LogP contribution in [0.3, 0.4) is 0 Å². The van der Waals surface area contributed by atoms with Crippen molar-refractivity contribution in [3.8, 4) is 6.07 Å². The number of hydrogen-bond donors (Lipinski definition) is 0. The number of thioether (sulfide) groups is 1. The first-order valence-corrected chi connectivity index (χ1v) is 6.87. The van der Waals surface area contributed by atoms with Gasteiger partial charge in [-0.05, 0) is 25.0 Å². The molecule has 0 aromatic heterocycles. The van der Waals surface area contributed by atoms with Gasteiger partial charge in [-0.1, -0.05) is 25.3 Å². The summed E-state index contributed by atoms with van der Waals surface area (Å²) in [5.41, 5.74) is 1.21. The number of rotatable bonds is 3. The van der Waals surface area contributed by atoms with Crippen molar-refractivity contribution >= 4 is 18.0 Å². The molecule has 0 saturated heterocycles. The second kappa shape index (κ2) is 5.88. The van der Waals surface area contributed by atoms with Gasteiger partial charge in [0.05, 0.1) is 5.56 Å². The molecular formula is C14H15NOS. The molecule has 1 aromatic carbocycles. The Kier molecular flexibility index (Phi) is 4.22. The van der Waals surface area contributed by atoms with Crippen LogP contribution >= 0.6 is 11.8 Å². The topological polar surface area (TPSA) is 40.9 Å². The van der Waals surface area contributed by atoms with E-state index in [1.54, 1.807) is 23.9 Å². The van der Waals surface area contributed by atoms with Crippen LogP contribution in [0.1, 0.15) is 48.0 Å². The molecule has 2 rings (SSSR count). The van der Waals surface area contributed by atoms with Crippen LogP contribution < -0.4 is 0 Å². The first kappa shape index (κ1) is 12.2. The third-order valence-electron chi connectivity index (χ3n) is 3.11. The highest BCUT2D eigenvalue weighted by Gasteiger charge is 2.16. The highest BCUT2D eigenvalue weighted by Crippen LogP contribution is 2.35. The lowest BCUT2D eigenvalue weighted by atomic mass is 10.0. The molecule has 1 aromatic rings. The van der Waals surface area contributed by atoms with Gasteiger partial charge in [-0.25, -0.2) is 0 Å². The number of carbonyl (C=O) groups excluding carboxylic acids is 1. The van der Waals surface area contributed by atoms with Crippen LogP contribution in [0, 0.1) is 11.3 Å². The molecular weight excluding hydrogens is 230 g/mol. The van der Waals surface area contributed by atoms with Gasteiger partial charge in [0.2, 0.25) is 0 Å². The average Bonchev–Trinajstić information content (AvgIpc) is 2.40. The summed E-state index contributed by atoms with van der Waals surface area (Å²) >= 11 is 1.80. The van der Waals surface area contributed by atoms with Gasteiger partial charge in [0.1, 0.15) is 12.4 Å². The van der Waals surface area contributed by atoms with Gasteiger partial charge in [-0.2, -0.15) is 5.26 Å². The van der Waals surface area contributed by atoms with Gasteiger partial charge in [0.25, 0.3) is 0 Å². The zero-order valence-electron chi connectivity index (χ0n) is 9.69. The normalized spacial score (nSPS) is 16.4. The molecule has 0 unspecified atom stereocenters. The zero-order valence-corrected chi connectivity index (χ0v) is 10.5. The Bertz CT molecular complexity index is 444. The molecule has 3 heteroatoms. The lowest BCUT2D eigenvalue weighted by molar-refractivity contribution is 0.112. The van der Waals surface area contributed by atoms with E-state index in [0.29, 0.717) is 16.4 Å². The summed E-state index contributed by atoms with van der Waals surface area (Å²) in [6.07, 6.45) is 7.20. The molecule has 0 radical (unpaired) electrons. The average molecular weight is 245 g/mol. The van der Waals surface area contributed by atoms with E-state index in [-0.39, 0.29) is 0 Å². The molecule has 0 atom stereocenters. The molecule has 1 aliphatic rings. The van der Waals surface area contributed by atoms with Crippen molar-refractivity contribution in [3.63, 3.8) is 0 Å². The zero-order chi connectivity index (χ0) is 12.1. The Hall–Kier alpha value is -1.27. The van der Waals surface area contributed by atoms with Gasteiger partial charge in [0, 0.05) is 15.7 Å². The maximum atomic E-state index is 10.7. The summed E-state index contributed by atoms with van der Waals surface area (Å²) in [6, 6.07) is 7.55. The summed E-state index contributed by atoms with van der Waals surface area (Å²) in [6.45, 7) is 0. The molecule has 1 aliphatic carbocycles. The molecule has 1 fully saturated rings. The van der Waals surface area contributed by atoms with Crippen molar-refractivity contribution in [3.05, 3.63) is 29.3 Å². The van der Waals surface area contributed by atoms with Crippen molar-refractivity contribution < 1.29 is 4.79 Å². The summed E-state index contributed by atoms with van der Waals surface area (Å²) < 4.78 is 0. The quantitative estimate of drug-likeness (QED) is 0.761. The Morgan fingerprint density at radius 1 is 1.29 bits per heavy atom. The van der Waals surface area contributed by atoms with Gasteiger partial charge in [0.15, 0.2) is 0 Å². The first-order valence-electron chi connectivity index (χ1n) is 5.99. The third-order valence-corrected chi connectivity index (χ3v) is 4.52. The summed E-state index contributed by atoms with van der Waals surface area (Å²) in [7, 11) is 0. The largest absolute Gasteiger partial charge is 0.298 e. The Balaban J connectivity index is 2.14. The molecule has 0 heterocycles. The van der Waals surface area contributed by atoms with Gasteiger partial charge < -0.3 is 0 Å². The summed E-state index contributed by atoms with van der Waals surface area (Å²) in [5.74, 6) is 0. The second-order valence-electron chi connectivity index (χ2n) is 4.36. The van der Waals surface area contributed by atoms with Crippen molar-refractivity contribution in [1.82, 2.24) is 0 Å². The highest BCUT2D eigenvalue weighted by molar-refractivity contribution is 8.00. The SMILES string of the molecule is N#Cc1cc(C=O)ccc1SC1CCCCC1. The van der Waals surface area contributed by atoms with Crippen LogP contribution in [0.4, 0.5) is 0 Å². The van der Waals surface area contributed by atoms with Crippen LogP contribution in [0.15, 0.2) is 23.1 Å².